The molecular weight excluding hydrogens is 713 g/mol. The van der Waals surface area contributed by atoms with Crippen molar-refractivity contribution in [2.45, 2.75) is 238 Å². The van der Waals surface area contributed by atoms with Gasteiger partial charge in [-0.05, 0) is 38.5 Å². The second-order valence-electron chi connectivity index (χ2n) is 15.6. The van der Waals surface area contributed by atoms with E-state index in [0.29, 0.717) is 6.42 Å². The molecule has 0 aromatic carbocycles. The minimum absolute atomic E-state index is 0.0549. The van der Waals surface area contributed by atoms with Crippen molar-refractivity contribution in [3.8, 4) is 0 Å². The van der Waals surface area contributed by atoms with E-state index in [4.69, 9.17) is 24.3 Å². The van der Waals surface area contributed by atoms with E-state index >= 15 is 0 Å². The van der Waals surface area contributed by atoms with Crippen LogP contribution in [0.2, 0.25) is 0 Å². The Labute approximate surface area is 339 Å². The molecule has 3 N–H and O–H groups in total. The maximum atomic E-state index is 12.6. The number of unbranched alkanes of at least 4 members (excludes halogenated alkanes) is 29. The SMILES string of the molecule is CCCCCCCCC=CCCCCCCCC(=O)OC(COC(=O)CCCCCCCCCCCCCCCCCCCCC)COP(=O)(O)OCCN. The van der Waals surface area contributed by atoms with Crippen LogP contribution in [0.3, 0.4) is 0 Å². The smallest absolute Gasteiger partial charge is 0.462 e. The van der Waals surface area contributed by atoms with Crippen molar-refractivity contribution in [1.82, 2.24) is 0 Å². The van der Waals surface area contributed by atoms with Gasteiger partial charge in [-0.25, -0.2) is 4.57 Å². The Bertz CT molecular complexity index is 917. The Balaban J connectivity index is 4.07. The summed E-state index contributed by atoms with van der Waals surface area (Å²) in [4.78, 5) is 34.9. The molecule has 0 bridgehead atoms. The molecule has 9 nitrogen and oxygen atoms in total. The standard InChI is InChI=1S/C45H88NO8P/c1-3-5-7-9-11-13-15-17-19-20-21-22-24-25-27-29-31-33-35-37-44(47)51-41-43(42-53-55(49,50)52-40-39-46)54-45(48)38-36-34-32-30-28-26-23-18-16-14-12-10-8-6-4-2/h18,23,43H,3-17,19-22,24-42,46H2,1-2H3,(H,49,50). The molecular formula is C45H88NO8P. The zero-order valence-corrected chi connectivity index (χ0v) is 36.8. The van der Waals surface area contributed by atoms with E-state index < -0.39 is 26.5 Å². The van der Waals surface area contributed by atoms with Gasteiger partial charge in [-0.1, -0.05) is 193 Å². The molecule has 0 aliphatic rings. The van der Waals surface area contributed by atoms with Gasteiger partial charge in [0.1, 0.15) is 6.61 Å². The summed E-state index contributed by atoms with van der Waals surface area (Å²) in [6, 6.07) is 0. The zero-order chi connectivity index (χ0) is 40.3. The maximum Gasteiger partial charge on any atom is 0.472 e. The summed E-state index contributed by atoms with van der Waals surface area (Å²) >= 11 is 0. The van der Waals surface area contributed by atoms with Gasteiger partial charge in [-0.2, -0.15) is 0 Å². The van der Waals surface area contributed by atoms with E-state index in [0.717, 1.165) is 51.4 Å². The molecule has 0 amide bonds. The highest BCUT2D eigenvalue weighted by molar-refractivity contribution is 7.47. The van der Waals surface area contributed by atoms with Gasteiger partial charge in [0, 0.05) is 19.4 Å². The number of esters is 2. The van der Waals surface area contributed by atoms with Crippen LogP contribution in [-0.2, 0) is 32.7 Å². The van der Waals surface area contributed by atoms with Crippen LogP contribution in [0, 0.1) is 0 Å². The number of nitrogens with two attached hydrogens (primary N) is 1. The average Bonchev–Trinajstić information content (AvgIpc) is 3.17. The first-order valence-electron chi connectivity index (χ1n) is 23.2. The van der Waals surface area contributed by atoms with Gasteiger partial charge >= 0.3 is 19.8 Å². The van der Waals surface area contributed by atoms with Crippen LogP contribution in [0.1, 0.15) is 232 Å². The normalized spacial score (nSPS) is 13.3. The van der Waals surface area contributed by atoms with Crippen LogP contribution in [0.5, 0.6) is 0 Å². The Kier molecular flexibility index (Phi) is 41.4. The summed E-state index contributed by atoms with van der Waals surface area (Å²) in [6.45, 7) is 3.76. The van der Waals surface area contributed by atoms with E-state index in [9.17, 15) is 19.0 Å². The van der Waals surface area contributed by atoms with Crippen LogP contribution < -0.4 is 5.73 Å². The largest absolute Gasteiger partial charge is 0.472 e. The van der Waals surface area contributed by atoms with Gasteiger partial charge < -0.3 is 20.1 Å². The molecule has 0 radical (unpaired) electrons. The van der Waals surface area contributed by atoms with Crippen LogP contribution in [0.25, 0.3) is 0 Å². The molecule has 0 saturated carbocycles. The monoisotopic (exact) mass is 802 g/mol. The van der Waals surface area contributed by atoms with Gasteiger partial charge in [-0.3, -0.25) is 18.6 Å². The van der Waals surface area contributed by atoms with Crippen molar-refractivity contribution in [2.24, 2.45) is 5.73 Å². The van der Waals surface area contributed by atoms with E-state index in [1.807, 2.05) is 0 Å². The molecule has 2 unspecified atom stereocenters. The van der Waals surface area contributed by atoms with Crippen LogP contribution in [0.15, 0.2) is 12.2 Å². The molecule has 0 aliphatic heterocycles. The van der Waals surface area contributed by atoms with Crippen LogP contribution in [-0.4, -0.2) is 49.3 Å². The highest BCUT2D eigenvalue weighted by Gasteiger charge is 2.26. The lowest BCUT2D eigenvalue weighted by Crippen LogP contribution is -2.29. The lowest BCUT2D eigenvalue weighted by Gasteiger charge is -2.19. The number of ether oxygens (including phenoxy) is 2. The summed E-state index contributed by atoms with van der Waals surface area (Å²) in [6.07, 6.45) is 43.8. The van der Waals surface area contributed by atoms with Crippen molar-refractivity contribution >= 4 is 19.8 Å². The second-order valence-corrected chi connectivity index (χ2v) is 17.1. The van der Waals surface area contributed by atoms with Gasteiger partial charge in [0.05, 0.1) is 13.2 Å². The number of hydrogen-bond donors (Lipinski definition) is 2. The number of carbonyl (C=O) groups excluding carboxylic acids is 2. The second kappa shape index (κ2) is 42.4. The highest BCUT2D eigenvalue weighted by atomic mass is 31.2. The number of carbonyl (C=O) groups is 2. The van der Waals surface area contributed by atoms with E-state index in [-0.39, 0.29) is 38.6 Å². The number of phosphoric acid groups is 1. The number of rotatable bonds is 44. The van der Waals surface area contributed by atoms with Crippen molar-refractivity contribution < 1.29 is 37.6 Å². The maximum absolute atomic E-state index is 12.6. The Morgan fingerprint density at radius 3 is 1.29 bits per heavy atom. The van der Waals surface area contributed by atoms with Crippen molar-refractivity contribution in [2.75, 3.05) is 26.4 Å². The predicted molar refractivity (Wildman–Crippen MR) is 229 cm³/mol. The fourth-order valence-electron chi connectivity index (χ4n) is 6.69. The Morgan fingerprint density at radius 1 is 0.527 bits per heavy atom. The quantitative estimate of drug-likeness (QED) is 0.0267. The predicted octanol–water partition coefficient (Wildman–Crippen LogP) is 13.4. The molecule has 0 aromatic heterocycles. The van der Waals surface area contributed by atoms with Gasteiger partial charge in [-0.15, -0.1) is 0 Å². The van der Waals surface area contributed by atoms with E-state index in [1.165, 1.54) is 148 Å². The number of hydrogen-bond acceptors (Lipinski definition) is 8. The van der Waals surface area contributed by atoms with E-state index in [2.05, 4.69) is 26.0 Å². The summed E-state index contributed by atoms with van der Waals surface area (Å²) in [7, 11) is -4.37. The minimum Gasteiger partial charge on any atom is -0.462 e. The van der Waals surface area contributed by atoms with Crippen molar-refractivity contribution in [3.05, 3.63) is 12.2 Å². The van der Waals surface area contributed by atoms with Gasteiger partial charge in [0.2, 0.25) is 0 Å². The molecule has 326 valence electrons. The third kappa shape index (κ3) is 42.2. The molecule has 0 spiro atoms. The molecule has 55 heavy (non-hydrogen) atoms. The molecule has 2 atom stereocenters. The van der Waals surface area contributed by atoms with Gasteiger partial charge in [0.15, 0.2) is 6.10 Å². The molecule has 0 fully saturated rings. The molecule has 10 heteroatoms. The zero-order valence-electron chi connectivity index (χ0n) is 35.9. The van der Waals surface area contributed by atoms with E-state index in [1.54, 1.807) is 0 Å². The Morgan fingerprint density at radius 2 is 0.891 bits per heavy atom. The lowest BCUT2D eigenvalue weighted by atomic mass is 10.0. The molecule has 0 rings (SSSR count). The van der Waals surface area contributed by atoms with Crippen LogP contribution in [0.4, 0.5) is 0 Å². The summed E-state index contributed by atoms with van der Waals surface area (Å²) in [5.41, 5.74) is 5.35. The molecule has 0 aromatic rings. The van der Waals surface area contributed by atoms with Gasteiger partial charge in [0.25, 0.3) is 0 Å². The molecule has 0 saturated heterocycles. The molecule has 0 aliphatic carbocycles. The first-order valence-corrected chi connectivity index (χ1v) is 24.7. The third-order valence-corrected chi connectivity index (χ3v) is 11.1. The number of allylic oxidation sites excluding steroid dienone is 2. The topological polar surface area (TPSA) is 134 Å². The summed E-state index contributed by atoms with van der Waals surface area (Å²) < 4.78 is 32.8. The minimum atomic E-state index is -4.37. The first-order chi connectivity index (χ1) is 26.8. The summed E-state index contributed by atoms with van der Waals surface area (Å²) in [5.74, 6) is -0.825. The highest BCUT2D eigenvalue weighted by Crippen LogP contribution is 2.43. The summed E-state index contributed by atoms with van der Waals surface area (Å²) in [5, 5.41) is 0. The lowest BCUT2D eigenvalue weighted by molar-refractivity contribution is -0.161. The van der Waals surface area contributed by atoms with Crippen LogP contribution >= 0.6 is 7.82 Å². The average molecular weight is 802 g/mol. The fourth-order valence-corrected chi connectivity index (χ4v) is 7.45. The third-order valence-electron chi connectivity index (χ3n) is 10.2. The first kappa shape index (κ1) is 53.8. The number of phosphoric ester groups is 1. The Hall–Kier alpha value is -1.25. The van der Waals surface area contributed by atoms with Crippen molar-refractivity contribution in [1.29, 1.82) is 0 Å². The fraction of sp³-hybridized carbons (Fsp3) is 0.911. The molecule has 0 heterocycles. The van der Waals surface area contributed by atoms with Crippen molar-refractivity contribution in [3.63, 3.8) is 0 Å².